The lowest BCUT2D eigenvalue weighted by Crippen LogP contribution is -2.15. The van der Waals surface area contributed by atoms with E-state index in [0.29, 0.717) is 14.9 Å². The molecule has 0 heterocycles. The van der Waals surface area contributed by atoms with Crippen molar-refractivity contribution in [2.45, 2.75) is 18.7 Å². The van der Waals surface area contributed by atoms with E-state index in [1.807, 2.05) is 6.92 Å². The molecule has 0 aliphatic heterocycles. The lowest BCUT2D eigenvalue weighted by molar-refractivity contribution is -0.384. The molecule has 0 spiro atoms. The van der Waals surface area contributed by atoms with Crippen molar-refractivity contribution in [1.82, 2.24) is 0 Å². The van der Waals surface area contributed by atoms with Crippen molar-refractivity contribution >= 4 is 52.2 Å². The summed E-state index contributed by atoms with van der Waals surface area (Å²) in [5.41, 5.74) is 1.71. The molecule has 0 aromatic heterocycles. The molecule has 0 radical (unpaired) electrons. The second kappa shape index (κ2) is 7.88. The van der Waals surface area contributed by atoms with Gasteiger partial charge in [0.25, 0.3) is 5.69 Å². The molecule has 126 valence electrons. The van der Waals surface area contributed by atoms with Crippen LogP contribution in [0.25, 0.3) is 0 Å². The fraction of sp³-hybridized carbons (Fsp3) is 0.188. The van der Waals surface area contributed by atoms with Gasteiger partial charge in [-0.3, -0.25) is 14.9 Å². The molecule has 2 aromatic rings. The molecule has 0 saturated carbocycles. The Morgan fingerprint density at radius 2 is 1.88 bits per heavy atom. The maximum atomic E-state index is 12.1. The minimum absolute atomic E-state index is 0.0597. The van der Waals surface area contributed by atoms with Gasteiger partial charge < -0.3 is 5.32 Å². The van der Waals surface area contributed by atoms with Gasteiger partial charge in [0.05, 0.1) is 15.7 Å². The average Bonchev–Trinajstić information content (AvgIpc) is 2.51. The predicted molar refractivity (Wildman–Crippen MR) is 98.4 cm³/mol. The number of nitro groups is 1. The normalized spacial score (nSPS) is 10.5. The Morgan fingerprint density at radius 1 is 1.21 bits per heavy atom. The number of nitrogens with zero attached hydrogens (tertiary/aromatic N) is 1. The standard InChI is InChI=1S/C16H14Cl2N2O3S/c1-9-5-13(14(20(22)23)6-10(9)2)19-16(21)8-24-15-7-11(17)3-4-12(15)18/h3-7H,8H2,1-2H3,(H,19,21). The van der Waals surface area contributed by atoms with E-state index in [0.717, 1.165) is 11.1 Å². The third kappa shape index (κ3) is 4.63. The molecule has 0 unspecified atom stereocenters. The van der Waals surface area contributed by atoms with Crippen molar-refractivity contribution in [2.24, 2.45) is 0 Å². The molecule has 0 aliphatic rings. The molecule has 0 aliphatic carbocycles. The van der Waals surface area contributed by atoms with Crippen LogP contribution in [-0.2, 0) is 4.79 Å². The van der Waals surface area contributed by atoms with E-state index in [2.05, 4.69) is 5.32 Å². The van der Waals surface area contributed by atoms with Gasteiger partial charge in [0, 0.05) is 16.0 Å². The molecular formula is C16H14Cl2N2O3S. The van der Waals surface area contributed by atoms with E-state index in [9.17, 15) is 14.9 Å². The first-order valence-electron chi connectivity index (χ1n) is 6.91. The number of carbonyl (C=O) groups is 1. The number of benzene rings is 2. The maximum Gasteiger partial charge on any atom is 0.293 e. The number of hydrogen-bond donors (Lipinski definition) is 1. The average molecular weight is 385 g/mol. The lowest BCUT2D eigenvalue weighted by atomic mass is 10.1. The van der Waals surface area contributed by atoms with Gasteiger partial charge in [-0.15, -0.1) is 11.8 Å². The largest absolute Gasteiger partial charge is 0.320 e. The minimum atomic E-state index is -0.511. The van der Waals surface area contributed by atoms with Crippen LogP contribution in [0.5, 0.6) is 0 Å². The molecule has 2 rings (SSSR count). The fourth-order valence-corrected chi connectivity index (χ4v) is 3.26. The summed E-state index contributed by atoms with van der Waals surface area (Å²) in [5.74, 6) is -0.299. The number of rotatable bonds is 5. The number of halogens is 2. The summed E-state index contributed by atoms with van der Waals surface area (Å²) >= 11 is 13.2. The Balaban J connectivity index is 2.11. The zero-order valence-electron chi connectivity index (χ0n) is 12.9. The van der Waals surface area contributed by atoms with Crippen LogP contribution in [0.15, 0.2) is 35.2 Å². The molecule has 0 fully saturated rings. The van der Waals surface area contributed by atoms with E-state index in [4.69, 9.17) is 23.2 Å². The van der Waals surface area contributed by atoms with Gasteiger partial charge in [0.1, 0.15) is 5.69 Å². The summed E-state index contributed by atoms with van der Waals surface area (Å²) in [6.07, 6.45) is 0. The molecular weight excluding hydrogens is 371 g/mol. The Kier molecular flexibility index (Phi) is 6.10. The Morgan fingerprint density at radius 3 is 2.54 bits per heavy atom. The molecule has 2 aromatic carbocycles. The Labute approximate surface area is 153 Å². The van der Waals surface area contributed by atoms with Crippen molar-refractivity contribution in [2.75, 3.05) is 11.1 Å². The molecule has 1 N–H and O–H groups in total. The third-order valence-corrected chi connectivity index (χ3v) is 5.07. The number of amides is 1. The van der Waals surface area contributed by atoms with Gasteiger partial charge in [-0.1, -0.05) is 23.2 Å². The zero-order chi connectivity index (χ0) is 17.9. The monoisotopic (exact) mass is 384 g/mol. The number of nitrogens with one attached hydrogen (secondary N) is 1. The number of anilines is 1. The minimum Gasteiger partial charge on any atom is -0.320 e. The van der Waals surface area contributed by atoms with Crippen molar-refractivity contribution < 1.29 is 9.72 Å². The fourth-order valence-electron chi connectivity index (χ4n) is 1.97. The van der Waals surface area contributed by atoms with Crippen LogP contribution in [-0.4, -0.2) is 16.6 Å². The van der Waals surface area contributed by atoms with Gasteiger partial charge in [0.2, 0.25) is 5.91 Å². The predicted octanol–water partition coefficient (Wildman–Crippen LogP) is 5.25. The van der Waals surface area contributed by atoms with Crippen LogP contribution in [0.4, 0.5) is 11.4 Å². The number of hydrogen-bond acceptors (Lipinski definition) is 4. The van der Waals surface area contributed by atoms with Gasteiger partial charge in [-0.2, -0.15) is 0 Å². The number of thioether (sulfide) groups is 1. The van der Waals surface area contributed by atoms with Crippen LogP contribution in [0, 0.1) is 24.0 Å². The van der Waals surface area contributed by atoms with Crippen LogP contribution < -0.4 is 5.32 Å². The first-order valence-corrected chi connectivity index (χ1v) is 8.65. The van der Waals surface area contributed by atoms with Crippen LogP contribution in [0.3, 0.4) is 0 Å². The summed E-state index contributed by atoms with van der Waals surface area (Å²) in [4.78, 5) is 23.4. The van der Waals surface area contributed by atoms with Gasteiger partial charge in [-0.25, -0.2) is 0 Å². The van der Waals surface area contributed by atoms with Crippen LogP contribution in [0.1, 0.15) is 11.1 Å². The second-order valence-electron chi connectivity index (χ2n) is 5.12. The quantitative estimate of drug-likeness (QED) is 0.434. The van der Waals surface area contributed by atoms with Crippen molar-refractivity contribution in [1.29, 1.82) is 0 Å². The molecule has 8 heteroatoms. The van der Waals surface area contributed by atoms with Crippen LogP contribution in [0.2, 0.25) is 10.0 Å². The molecule has 0 saturated heterocycles. The van der Waals surface area contributed by atoms with E-state index in [1.54, 1.807) is 31.2 Å². The molecule has 0 atom stereocenters. The van der Waals surface area contributed by atoms with Gasteiger partial charge in [0.15, 0.2) is 0 Å². The first kappa shape index (κ1) is 18.6. The smallest absolute Gasteiger partial charge is 0.293 e. The molecule has 24 heavy (non-hydrogen) atoms. The highest BCUT2D eigenvalue weighted by Gasteiger charge is 2.18. The van der Waals surface area contributed by atoms with Crippen LogP contribution >= 0.6 is 35.0 Å². The van der Waals surface area contributed by atoms with E-state index >= 15 is 0 Å². The zero-order valence-corrected chi connectivity index (χ0v) is 15.3. The Hall–Kier alpha value is -1.76. The van der Waals surface area contributed by atoms with Gasteiger partial charge >= 0.3 is 0 Å². The Bertz CT molecular complexity index is 812. The summed E-state index contributed by atoms with van der Waals surface area (Å²) in [6, 6.07) is 8.03. The van der Waals surface area contributed by atoms with Crippen molar-refractivity contribution in [3.63, 3.8) is 0 Å². The van der Waals surface area contributed by atoms with E-state index in [1.165, 1.54) is 17.8 Å². The summed E-state index contributed by atoms with van der Waals surface area (Å²) in [5, 5.41) is 14.7. The van der Waals surface area contributed by atoms with Crippen molar-refractivity contribution in [3.05, 3.63) is 61.6 Å². The third-order valence-electron chi connectivity index (χ3n) is 3.33. The summed E-state index contributed by atoms with van der Waals surface area (Å²) < 4.78 is 0. The topological polar surface area (TPSA) is 72.2 Å². The van der Waals surface area contributed by atoms with Gasteiger partial charge in [-0.05, 0) is 49.2 Å². The number of carbonyl (C=O) groups excluding carboxylic acids is 1. The summed E-state index contributed by atoms with van der Waals surface area (Å²) in [7, 11) is 0. The summed E-state index contributed by atoms with van der Waals surface area (Å²) in [6.45, 7) is 3.61. The second-order valence-corrected chi connectivity index (χ2v) is 6.98. The SMILES string of the molecule is Cc1cc(NC(=O)CSc2cc(Cl)ccc2Cl)c([N+](=O)[O-])cc1C. The highest BCUT2D eigenvalue weighted by Crippen LogP contribution is 2.31. The maximum absolute atomic E-state index is 12.1. The van der Waals surface area contributed by atoms with E-state index < -0.39 is 4.92 Å². The molecule has 0 bridgehead atoms. The number of aryl methyl sites for hydroxylation is 2. The van der Waals surface area contributed by atoms with E-state index in [-0.39, 0.29) is 23.0 Å². The molecule has 5 nitrogen and oxygen atoms in total. The first-order chi connectivity index (χ1) is 11.3. The highest BCUT2D eigenvalue weighted by molar-refractivity contribution is 8.00. The molecule has 1 amide bonds. The lowest BCUT2D eigenvalue weighted by Gasteiger charge is -2.09. The van der Waals surface area contributed by atoms with Crippen molar-refractivity contribution in [3.8, 4) is 0 Å². The highest BCUT2D eigenvalue weighted by atomic mass is 35.5. The number of nitro benzene ring substituents is 1.